The lowest BCUT2D eigenvalue weighted by atomic mass is 9.79. The van der Waals surface area contributed by atoms with Crippen molar-refractivity contribution in [3.05, 3.63) is 23.3 Å². The zero-order valence-electron chi connectivity index (χ0n) is 17.7. The lowest BCUT2D eigenvalue weighted by Crippen LogP contribution is -2.18. The lowest BCUT2D eigenvalue weighted by Gasteiger charge is -2.29. The Balaban J connectivity index is 2.28. The van der Waals surface area contributed by atoms with Crippen LogP contribution in [0.1, 0.15) is 71.9 Å². The molecule has 0 amide bonds. The van der Waals surface area contributed by atoms with E-state index in [4.69, 9.17) is 4.74 Å². The third-order valence-electron chi connectivity index (χ3n) is 5.02. The molecule has 2 atom stereocenters. The SMILES string of the molecule is COC(=O)CSC1CCCC1Sc1cc(C(C)(C)C)c(O)c(C(C)(C)C)c1. The second-order valence-corrected chi connectivity index (χ2v) is 11.9. The molecule has 2 unspecified atom stereocenters. The van der Waals surface area contributed by atoms with Gasteiger partial charge >= 0.3 is 5.97 Å². The highest BCUT2D eigenvalue weighted by molar-refractivity contribution is 8.04. The lowest BCUT2D eigenvalue weighted by molar-refractivity contribution is -0.137. The van der Waals surface area contributed by atoms with Gasteiger partial charge in [0.05, 0.1) is 12.9 Å². The molecule has 1 aromatic carbocycles. The van der Waals surface area contributed by atoms with E-state index in [-0.39, 0.29) is 16.8 Å². The molecule has 5 heteroatoms. The van der Waals surface area contributed by atoms with Crippen LogP contribution in [0.4, 0.5) is 0 Å². The molecule has 0 aliphatic heterocycles. The van der Waals surface area contributed by atoms with Gasteiger partial charge in [0.25, 0.3) is 0 Å². The summed E-state index contributed by atoms with van der Waals surface area (Å²) in [5.41, 5.74) is 1.79. The van der Waals surface area contributed by atoms with Crippen LogP contribution in [0.5, 0.6) is 5.75 Å². The van der Waals surface area contributed by atoms with Crippen LogP contribution >= 0.6 is 23.5 Å². The summed E-state index contributed by atoms with van der Waals surface area (Å²) in [6.45, 7) is 12.9. The molecule has 1 N–H and O–H groups in total. The topological polar surface area (TPSA) is 46.5 Å². The summed E-state index contributed by atoms with van der Waals surface area (Å²) < 4.78 is 4.79. The maximum absolute atomic E-state index is 11.5. The Morgan fingerprint density at radius 3 is 2.07 bits per heavy atom. The van der Waals surface area contributed by atoms with Gasteiger partial charge in [0.2, 0.25) is 0 Å². The van der Waals surface area contributed by atoms with Crippen LogP contribution < -0.4 is 0 Å². The molecule has 1 aromatic rings. The Kier molecular flexibility index (Phi) is 7.23. The fourth-order valence-electron chi connectivity index (χ4n) is 3.45. The van der Waals surface area contributed by atoms with Crippen molar-refractivity contribution in [2.24, 2.45) is 0 Å². The summed E-state index contributed by atoms with van der Waals surface area (Å²) in [5, 5.41) is 11.9. The maximum atomic E-state index is 11.5. The largest absolute Gasteiger partial charge is 0.507 e. The predicted octanol–water partition coefficient (Wildman–Crippen LogP) is 5.91. The van der Waals surface area contributed by atoms with E-state index >= 15 is 0 Å². The van der Waals surface area contributed by atoms with Crippen molar-refractivity contribution in [1.29, 1.82) is 0 Å². The van der Waals surface area contributed by atoms with Gasteiger partial charge < -0.3 is 9.84 Å². The van der Waals surface area contributed by atoms with E-state index < -0.39 is 0 Å². The first kappa shape index (κ1) is 22.5. The molecular weight excluding hydrogens is 376 g/mol. The number of hydrogen-bond donors (Lipinski definition) is 1. The number of phenolic OH excluding ortho intramolecular Hbond substituents is 1. The van der Waals surface area contributed by atoms with E-state index in [0.29, 0.717) is 22.0 Å². The Hall–Kier alpha value is -0.810. The summed E-state index contributed by atoms with van der Waals surface area (Å²) in [5.74, 6) is 0.710. The molecule has 27 heavy (non-hydrogen) atoms. The smallest absolute Gasteiger partial charge is 0.315 e. The van der Waals surface area contributed by atoms with E-state index in [1.54, 1.807) is 11.8 Å². The van der Waals surface area contributed by atoms with Crippen molar-refractivity contribution < 1.29 is 14.6 Å². The molecule has 1 fully saturated rings. The van der Waals surface area contributed by atoms with E-state index in [2.05, 4.69) is 53.7 Å². The average molecular weight is 411 g/mol. The van der Waals surface area contributed by atoms with Crippen molar-refractivity contribution in [1.82, 2.24) is 0 Å². The minimum Gasteiger partial charge on any atom is -0.507 e. The van der Waals surface area contributed by atoms with E-state index in [1.165, 1.54) is 24.8 Å². The van der Waals surface area contributed by atoms with Crippen LogP contribution in [0.3, 0.4) is 0 Å². The molecule has 0 radical (unpaired) electrons. The van der Waals surface area contributed by atoms with Crippen LogP contribution in [0.25, 0.3) is 0 Å². The molecule has 0 spiro atoms. The highest BCUT2D eigenvalue weighted by atomic mass is 32.2. The Labute approximate surface area is 173 Å². The number of carbonyl (C=O) groups excluding carboxylic acids is 1. The molecule has 0 aromatic heterocycles. The minimum atomic E-state index is -0.148. The van der Waals surface area contributed by atoms with Gasteiger partial charge in [-0.05, 0) is 35.8 Å². The maximum Gasteiger partial charge on any atom is 0.315 e. The van der Waals surface area contributed by atoms with Gasteiger partial charge in [-0.3, -0.25) is 4.79 Å². The first-order valence-electron chi connectivity index (χ1n) is 9.66. The number of phenols is 1. The van der Waals surface area contributed by atoms with Crippen molar-refractivity contribution >= 4 is 29.5 Å². The fourth-order valence-corrected chi connectivity index (χ4v) is 6.29. The van der Waals surface area contributed by atoms with Crippen LogP contribution in [0.15, 0.2) is 17.0 Å². The number of rotatable bonds is 5. The number of esters is 1. The standard InChI is InChI=1S/C22H34O3S2/c1-21(2,3)15-11-14(12-16(20(15)24)22(4,5)6)27-18-10-8-9-17(18)26-13-19(23)25-7/h11-12,17-18,24H,8-10,13H2,1-7H3. The summed E-state index contributed by atoms with van der Waals surface area (Å²) in [6, 6.07) is 4.32. The van der Waals surface area contributed by atoms with Crippen molar-refractivity contribution in [2.75, 3.05) is 12.9 Å². The van der Waals surface area contributed by atoms with E-state index in [1.807, 2.05) is 11.8 Å². The molecule has 1 aliphatic carbocycles. The van der Waals surface area contributed by atoms with E-state index in [0.717, 1.165) is 17.5 Å². The summed E-state index contributed by atoms with van der Waals surface area (Å²) in [4.78, 5) is 12.7. The third kappa shape index (κ3) is 5.83. The van der Waals surface area contributed by atoms with Gasteiger partial charge in [-0.15, -0.1) is 23.5 Å². The van der Waals surface area contributed by atoms with Crippen molar-refractivity contribution in [3.8, 4) is 5.75 Å². The Bertz CT molecular complexity index is 636. The number of benzene rings is 1. The number of thioether (sulfide) groups is 2. The fraction of sp³-hybridized carbons (Fsp3) is 0.682. The number of methoxy groups -OCH3 is 1. The number of ether oxygens (including phenoxy) is 1. The number of hydrogen-bond acceptors (Lipinski definition) is 5. The van der Waals surface area contributed by atoms with Crippen LogP contribution in [0, 0.1) is 0 Å². The summed E-state index contributed by atoms with van der Waals surface area (Å²) >= 11 is 3.63. The molecule has 2 rings (SSSR count). The third-order valence-corrected chi connectivity index (χ3v) is 7.96. The second-order valence-electron chi connectivity index (χ2n) is 9.38. The quantitative estimate of drug-likeness (QED) is 0.612. The van der Waals surface area contributed by atoms with Gasteiger partial charge in [-0.2, -0.15) is 0 Å². The average Bonchev–Trinajstić information content (AvgIpc) is 2.99. The van der Waals surface area contributed by atoms with Crippen LogP contribution in [0.2, 0.25) is 0 Å². The highest BCUT2D eigenvalue weighted by Crippen LogP contribution is 2.46. The van der Waals surface area contributed by atoms with Gasteiger partial charge in [0.15, 0.2) is 0 Å². The molecule has 1 saturated carbocycles. The molecule has 3 nitrogen and oxygen atoms in total. The summed E-state index contributed by atoms with van der Waals surface area (Å²) in [7, 11) is 1.45. The first-order chi connectivity index (χ1) is 12.4. The zero-order chi connectivity index (χ0) is 20.4. The summed E-state index contributed by atoms with van der Waals surface area (Å²) in [6.07, 6.45) is 3.52. The Morgan fingerprint density at radius 2 is 1.59 bits per heavy atom. The molecule has 0 saturated heterocycles. The molecule has 0 bridgehead atoms. The minimum absolute atomic E-state index is 0.116. The van der Waals surface area contributed by atoms with Crippen LogP contribution in [-0.4, -0.2) is 34.4 Å². The number of aromatic hydroxyl groups is 1. The second kappa shape index (κ2) is 8.69. The Morgan fingerprint density at radius 1 is 1.07 bits per heavy atom. The number of carbonyl (C=O) groups is 1. The van der Waals surface area contributed by atoms with Gasteiger partial charge in [0, 0.05) is 26.5 Å². The zero-order valence-corrected chi connectivity index (χ0v) is 19.4. The van der Waals surface area contributed by atoms with Gasteiger partial charge in [-0.25, -0.2) is 0 Å². The normalized spacial score (nSPS) is 20.7. The first-order valence-corrected chi connectivity index (χ1v) is 11.6. The molecule has 1 aliphatic rings. The van der Waals surface area contributed by atoms with Crippen LogP contribution in [-0.2, 0) is 20.4 Å². The van der Waals surface area contributed by atoms with Gasteiger partial charge in [0.1, 0.15) is 5.75 Å². The van der Waals surface area contributed by atoms with Crippen molar-refractivity contribution in [3.63, 3.8) is 0 Å². The molecule has 0 heterocycles. The van der Waals surface area contributed by atoms with Gasteiger partial charge in [-0.1, -0.05) is 48.0 Å². The van der Waals surface area contributed by atoms with Crippen molar-refractivity contribution in [2.45, 2.75) is 87.0 Å². The molecule has 152 valence electrons. The predicted molar refractivity (Wildman–Crippen MR) is 117 cm³/mol. The highest BCUT2D eigenvalue weighted by Gasteiger charge is 2.31. The monoisotopic (exact) mass is 410 g/mol. The van der Waals surface area contributed by atoms with E-state index in [9.17, 15) is 9.90 Å². The molecular formula is C22H34O3S2.